The molecule has 3 amide bonds. The molecule has 0 saturated heterocycles. The van der Waals surface area contributed by atoms with Crippen molar-refractivity contribution in [1.29, 1.82) is 0 Å². The molecule has 9 nitrogen and oxygen atoms in total. The molecular formula is C49H38N6O3. The Morgan fingerprint density at radius 2 is 0.638 bits per heavy atom. The van der Waals surface area contributed by atoms with Crippen molar-refractivity contribution < 1.29 is 14.4 Å². The number of benzene rings is 8. The molecule has 0 atom stereocenters. The van der Waals surface area contributed by atoms with E-state index in [9.17, 15) is 14.4 Å². The fourth-order valence-electron chi connectivity index (χ4n) is 6.85. The van der Waals surface area contributed by atoms with Gasteiger partial charge in [-0.3, -0.25) is 14.4 Å². The number of amides is 3. The van der Waals surface area contributed by atoms with Gasteiger partial charge in [0.25, 0.3) is 17.7 Å². The Morgan fingerprint density at radius 3 is 1.00 bits per heavy atom. The van der Waals surface area contributed by atoms with E-state index in [0.29, 0.717) is 50.8 Å². The average molecular weight is 759 g/mol. The first-order valence-corrected chi connectivity index (χ1v) is 18.6. The lowest BCUT2D eigenvalue weighted by Crippen LogP contribution is -2.11. The summed E-state index contributed by atoms with van der Waals surface area (Å²) in [5.41, 5.74) is 28.6. The van der Waals surface area contributed by atoms with E-state index in [2.05, 4.69) is 40.2 Å². The van der Waals surface area contributed by atoms with Crippen LogP contribution in [-0.4, -0.2) is 17.7 Å². The van der Waals surface area contributed by atoms with Gasteiger partial charge < -0.3 is 33.2 Å². The molecule has 0 aliphatic carbocycles. The zero-order valence-electron chi connectivity index (χ0n) is 31.2. The van der Waals surface area contributed by atoms with Gasteiger partial charge in [0.1, 0.15) is 0 Å². The molecule has 0 aliphatic heterocycles. The lowest BCUT2D eigenvalue weighted by atomic mass is 9.87. The number of carbonyl (C=O) groups excluding carboxylic acids is 3. The second-order valence-electron chi connectivity index (χ2n) is 13.8. The molecule has 0 radical (unpaired) electrons. The number of rotatable bonds is 9. The van der Waals surface area contributed by atoms with Crippen molar-refractivity contribution in [3.63, 3.8) is 0 Å². The van der Waals surface area contributed by atoms with Crippen LogP contribution in [0.5, 0.6) is 0 Å². The Hall–Kier alpha value is -8.17. The number of hydrogen-bond donors (Lipinski definition) is 6. The van der Waals surface area contributed by atoms with Crippen LogP contribution in [0.15, 0.2) is 176 Å². The molecule has 282 valence electrons. The average Bonchev–Trinajstić information content (AvgIpc) is 3.24. The molecule has 8 aromatic rings. The van der Waals surface area contributed by atoms with Crippen LogP contribution in [0, 0.1) is 0 Å². The minimum Gasteiger partial charge on any atom is -0.399 e. The minimum absolute atomic E-state index is 0.223. The first-order chi connectivity index (χ1) is 28.2. The summed E-state index contributed by atoms with van der Waals surface area (Å²) in [6.07, 6.45) is 0. The largest absolute Gasteiger partial charge is 0.399 e. The summed E-state index contributed by atoms with van der Waals surface area (Å²) in [5.74, 6) is -0.679. The van der Waals surface area contributed by atoms with Crippen molar-refractivity contribution in [3.05, 3.63) is 193 Å². The molecule has 0 unspecified atom stereocenters. The SMILES string of the molecule is Nc1ccc(C(=O)Nc2ccc(-c3ccc(-c4ccc(NC(=O)c5ccc(N)cc5)cc4)c4c(-c5ccc(NC(=O)c6ccc(N)cc6)cc5)cccc34)cc2)cc1. The highest BCUT2D eigenvalue weighted by atomic mass is 16.2. The quantitative estimate of drug-likeness (QED) is 0.0802. The highest BCUT2D eigenvalue weighted by Gasteiger charge is 2.16. The van der Waals surface area contributed by atoms with Crippen molar-refractivity contribution in [3.8, 4) is 33.4 Å². The maximum Gasteiger partial charge on any atom is 0.255 e. The first-order valence-electron chi connectivity index (χ1n) is 18.6. The fraction of sp³-hybridized carbons (Fsp3) is 0. The molecule has 9 heteroatoms. The molecule has 58 heavy (non-hydrogen) atoms. The predicted molar refractivity (Wildman–Crippen MR) is 237 cm³/mol. The van der Waals surface area contributed by atoms with Crippen LogP contribution in [0.3, 0.4) is 0 Å². The van der Waals surface area contributed by atoms with Crippen LogP contribution in [0.2, 0.25) is 0 Å². The molecule has 0 aromatic heterocycles. The van der Waals surface area contributed by atoms with Gasteiger partial charge in [0.15, 0.2) is 0 Å². The third kappa shape index (κ3) is 7.95. The van der Waals surface area contributed by atoms with E-state index in [0.717, 1.165) is 44.2 Å². The van der Waals surface area contributed by atoms with E-state index < -0.39 is 0 Å². The van der Waals surface area contributed by atoms with Crippen LogP contribution in [-0.2, 0) is 0 Å². The third-order valence-electron chi connectivity index (χ3n) is 9.92. The summed E-state index contributed by atoms with van der Waals surface area (Å²) < 4.78 is 0. The van der Waals surface area contributed by atoms with Gasteiger partial charge in [0, 0.05) is 50.8 Å². The fourth-order valence-corrected chi connectivity index (χ4v) is 6.85. The third-order valence-corrected chi connectivity index (χ3v) is 9.92. The summed E-state index contributed by atoms with van der Waals surface area (Å²) in [6.45, 7) is 0. The molecule has 0 spiro atoms. The number of nitrogens with two attached hydrogens (primary N) is 3. The van der Waals surface area contributed by atoms with Crippen molar-refractivity contribution in [2.24, 2.45) is 0 Å². The molecule has 9 N–H and O–H groups in total. The Kier molecular flexibility index (Phi) is 10.1. The molecule has 8 rings (SSSR count). The lowest BCUT2D eigenvalue weighted by molar-refractivity contribution is 0.101. The number of nitrogen functional groups attached to an aromatic ring is 3. The van der Waals surface area contributed by atoms with E-state index in [4.69, 9.17) is 17.2 Å². The van der Waals surface area contributed by atoms with Crippen LogP contribution < -0.4 is 33.2 Å². The number of carbonyl (C=O) groups is 3. The van der Waals surface area contributed by atoms with E-state index in [1.54, 1.807) is 72.8 Å². The first kappa shape index (κ1) is 36.8. The van der Waals surface area contributed by atoms with Crippen LogP contribution in [0.1, 0.15) is 31.1 Å². The van der Waals surface area contributed by atoms with Crippen molar-refractivity contribution in [2.45, 2.75) is 0 Å². The van der Waals surface area contributed by atoms with Gasteiger partial charge >= 0.3 is 0 Å². The molecule has 0 saturated carbocycles. The lowest BCUT2D eigenvalue weighted by Gasteiger charge is -2.17. The number of hydrogen-bond acceptors (Lipinski definition) is 6. The zero-order valence-corrected chi connectivity index (χ0v) is 31.2. The standard InChI is InChI=1S/C49H38N6O3/c50-36-16-4-33(5-17-36)47(56)53-39-22-10-30(11-23-39)42-28-29-44(32-14-26-41(27-15-32)55-49(58)35-8-20-38(52)21-9-35)46-43(2-1-3-45(42)46)31-12-24-40(25-13-31)54-48(57)34-6-18-37(51)19-7-34/h1-29H,50-52H2,(H,53,56)(H,54,57)(H,55,58). The Labute approximate surface area is 335 Å². The maximum atomic E-state index is 12.9. The number of nitrogens with one attached hydrogen (secondary N) is 3. The normalized spacial score (nSPS) is 10.8. The van der Waals surface area contributed by atoms with Crippen molar-refractivity contribution >= 4 is 62.6 Å². The Morgan fingerprint density at radius 1 is 0.328 bits per heavy atom. The van der Waals surface area contributed by atoms with E-state index >= 15 is 0 Å². The monoisotopic (exact) mass is 758 g/mol. The smallest absolute Gasteiger partial charge is 0.255 e. The second kappa shape index (κ2) is 15.9. The maximum absolute atomic E-state index is 12.9. The molecule has 0 bridgehead atoms. The van der Waals surface area contributed by atoms with Gasteiger partial charge in [-0.25, -0.2) is 0 Å². The number of anilines is 6. The summed E-state index contributed by atoms with van der Waals surface area (Å²) in [6, 6.07) is 54.2. The molecule has 0 heterocycles. The van der Waals surface area contributed by atoms with Crippen LogP contribution in [0.4, 0.5) is 34.1 Å². The summed E-state index contributed by atoms with van der Waals surface area (Å²) >= 11 is 0. The minimum atomic E-state index is -0.228. The summed E-state index contributed by atoms with van der Waals surface area (Å²) in [4.78, 5) is 38.8. The molecular weight excluding hydrogens is 721 g/mol. The molecule has 0 aliphatic rings. The molecule has 8 aromatic carbocycles. The van der Waals surface area contributed by atoms with Crippen LogP contribution >= 0.6 is 0 Å². The Balaban J connectivity index is 1.14. The number of fused-ring (bicyclic) bond motifs is 1. The topological polar surface area (TPSA) is 165 Å². The summed E-state index contributed by atoms with van der Waals surface area (Å²) in [7, 11) is 0. The van der Waals surface area contributed by atoms with E-state index in [1.165, 1.54) is 0 Å². The van der Waals surface area contributed by atoms with Crippen molar-refractivity contribution in [2.75, 3.05) is 33.2 Å². The summed E-state index contributed by atoms with van der Waals surface area (Å²) in [5, 5.41) is 11.0. The Bertz CT molecular complexity index is 2670. The van der Waals surface area contributed by atoms with E-state index in [1.807, 2.05) is 78.9 Å². The van der Waals surface area contributed by atoms with Gasteiger partial charge in [0.2, 0.25) is 0 Å². The van der Waals surface area contributed by atoms with Crippen LogP contribution in [0.25, 0.3) is 44.2 Å². The second-order valence-corrected chi connectivity index (χ2v) is 13.8. The zero-order chi connectivity index (χ0) is 40.2. The highest BCUT2D eigenvalue weighted by molar-refractivity contribution is 6.13. The van der Waals surface area contributed by atoms with Gasteiger partial charge in [-0.05, 0) is 153 Å². The van der Waals surface area contributed by atoms with Gasteiger partial charge in [-0.2, -0.15) is 0 Å². The van der Waals surface area contributed by atoms with E-state index in [-0.39, 0.29) is 17.7 Å². The molecule has 0 fully saturated rings. The van der Waals surface area contributed by atoms with Gasteiger partial charge in [-0.15, -0.1) is 0 Å². The predicted octanol–water partition coefficient (Wildman–Crippen LogP) is 10.3. The van der Waals surface area contributed by atoms with Crippen molar-refractivity contribution in [1.82, 2.24) is 0 Å². The van der Waals surface area contributed by atoms with Gasteiger partial charge in [-0.1, -0.05) is 66.7 Å². The van der Waals surface area contributed by atoms with Gasteiger partial charge in [0.05, 0.1) is 0 Å². The highest BCUT2D eigenvalue weighted by Crippen LogP contribution is 2.42.